The van der Waals surface area contributed by atoms with E-state index in [2.05, 4.69) is 35.2 Å². The largest absolute Gasteiger partial charge is 0.303 e. The molecule has 112 valence electrons. The van der Waals surface area contributed by atoms with Crippen molar-refractivity contribution in [3.05, 3.63) is 59.7 Å². The Labute approximate surface area is 133 Å². The van der Waals surface area contributed by atoms with E-state index in [4.69, 9.17) is 5.26 Å². The molecule has 1 heterocycles. The van der Waals surface area contributed by atoms with Gasteiger partial charge in [0.15, 0.2) is 0 Å². The van der Waals surface area contributed by atoms with E-state index in [-0.39, 0.29) is 0 Å². The predicted octanol–water partition coefficient (Wildman–Crippen LogP) is 4.25. The van der Waals surface area contributed by atoms with Crippen molar-refractivity contribution in [2.75, 3.05) is 19.6 Å². The van der Waals surface area contributed by atoms with Crippen LogP contribution in [0, 0.1) is 11.3 Å². The third-order valence-corrected chi connectivity index (χ3v) is 4.44. The molecule has 0 N–H and O–H groups in total. The highest BCUT2D eigenvalue weighted by Gasteiger charge is 2.10. The predicted molar refractivity (Wildman–Crippen MR) is 90.6 cm³/mol. The first kappa shape index (κ1) is 14.8. The summed E-state index contributed by atoms with van der Waals surface area (Å²) in [7, 11) is 0. The molecule has 22 heavy (non-hydrogen) atoms. The molecule has 0 saturated carbocycles. The fourth-order valence-electron chi connectivity index (χ4n) is 3.11. The lowest BCUT2D eigenvalue weighted by molar-refractivity contribution is 0.334. The minimum atomic E-state index is 0.710. The van der Waals surface area contributed by atoms with Crippen molar-refractivity contribution in [3.63, 3.8) is 0 Å². The summed E-state index contributed by atoms with van der Waals surface area (Å²) in [5.41, 5.74) is 4.51. The van der Waals surface area contributed by atoms with Crippen LogP contribution >= 0.6 is 0 Å². The average molecular weight is 290 g/mol. The van der Waals surface area contributed by atoms with E-state index in [9.17, 15) is 0 Å². The molecular formula is C20H22N2. The molecule has 1 fully saturated rings. The van der Waals surface area contributed by atoms with Crippen LogP contribution in [-0.2, 0) is 6.42 Å². The normalized spacial score (nSPS) is 14.9. The quantitative estimate of drug-likeness (QED) is 0.823. The minimum Gasteiger partial charge on any atom is -0.303 e. The highest BCUT2D eigenvalue weighted by molar-refractivity contribution is 5.64. The van der Waals surface area contributed by atoms with Gasteiger partial charge < -0.3 is 4.90 Å². The third-order valence-electron chi connectivity index (χ3n) is 4.44. The van der Waals surface area contributed by atoms with Crippen molar-refractivity contribution >= 4 is 0 Å². The first-order valence-electron chi connectivity index (χ1n) is 8.17. The smallest absolute Gasteiger partial charge is 0.0991 e. The molecule has 0 radical (unpaired) electrons. The Morgan fingerprint density at radius 1 is 0.864 bits per heavy atom. The first-order valence-corrected chi connectivity index (χ1v) is 8.17. The van der Waals surface area contributed by atoms with Gasteiger partial charge in [-0.3, -0.25) is 0 Å². The van der Waals surface area contributed by atoms with Gasteiger partial charge in [-0.05, 0) is 74.1 Å². The van der Waals surface area contributed by atoms with Gasteiger partial charge in [0, 0.05) is 0 Å². The van der Waals surface area contributed by atoms with Crippen molar-refractivity contribution in [2.45, 2.75) is 25.7 Å². The number of nitriles is 1. The van der Waals surface area contributed by atoms with E-state index < -0.39 is 0 Å². The zero-order valence-corrected chi connectivity index (χ0v) is 13.0. The number of hydrogen-bond acceptors (Lipinski definition) is 2. The van der Waals surface area contributed by atoms with E-state index in [1.54, 1.807) is 0 Å². The highest BCUT2D eigenvalue weighted by Crippen LogP contribution is 2.21. The van der Waals surface area contributed by atoms with Gasteiger partial charge in [-0.2, -0.15) is 5.26 Å². The van der Waals surface area contributed by atoms with Gasteiger partial charge in [-0.25, -0.2) is 0 Å². The number of benzene rings is 2. The Morgan fingerprint density at radius 2 is 1.45 bits per heavy atom. The summed E-state index contributed by atoms with van der Waals surface area (Å²) in [5, 5.41) is 8.84. The number of rotatable bonds is 5. The zero-order valence-electron chi connectivity index (χ0n) is 13.0. The van der Waals surface area contributed by atoms with E-state index in [1.807, 2.05) is 24.3 Å². The van der Waals surface area contributed by atoms with Crippen LogP contribution in [0.1, 0.15) is 30.4 Å². The van der Waals surface area contributed by atoms with Crippen molar-refractivity contribution in [2.24, 2.45) is 0 Å². The fourth-order valence-corrected chi connectivity index (χ4v) is 3.11. The van der Waals surface area contributed by atoms with Crippen LogP contribution in [0.3, 0.4) is 0 Å². The molecule has 0 aromatic heterocycles. The lowest BCUT2D eigenvalue weighted by Gasteiger charge is -2.14. The molecular weight excluding hydrogens is 268 g/mol. The van der Waals surface area contributed by atoms with Gasteiger partial charge in [0.1, 0.15) is 0 Å². The topological polar surface area (TPSA) is 27.0 Å². The lowest BCUT2D eigenvalue weighted by Crippen LogP contribution is -2.20. The molecule has 0 aliphatic carbocycles. The van der Waals surface area contributed by atoms with Gasteiger partial charge in [0.25, 0.3) is 0 Å². The first-order chi connectivity index (χ1) is 10.8. The van der Waals surface area contributed by atoms with E-state index >= 15 is 0 Å². The molecule has 1 saturated heterocycles. The SMILES string of the molecule is N#Cc1ccc(-c2ccc(CCCN3CCCC3)cc2)cc1. The standard InChI is InChI=1S/C20H22N2/c21-16-18-7-11-20(12-8-18)19-9-5-17(6-10-19)4-3-15-22-13-1-2-14-22/h5-12H,1-4,13-15H2. The number of aryl methyl sites for hydroxylation is 1. The molecule has 1 aliphatic heterocycles. The molecule has 0 spiro atoms. The summed E-state index contributed by atoms with van der Waals surface area (Å²) >= 11 is 0. The van der Waals surface area contributed by atoms with Crippen LogP contribution in [0.25, 0.3) is 11.1 Å². The van der Waals surface area contributed by atoms with Crippen LogP contribution in [0.2, 0.25) is 0 Å². The molecule has 2 heteroatoms. The Morgan fingerprint density at radius 3 is 2.05 bits per heavy atom. The molecule has 2 aromatic rings. The van der Waals surface area contributed by atoms with Crippen LogP contribution in [0.15, 0.2) is 48.5 Å². The molecule has 1 aliphatic rings. The zero-order chi connectivity index (χ0) is 15.2. The minimum absolute atomic E-state index is 0.710. The summed E-state index contributed by atoms with van der Waals surface area (Å²) in [6, 6.07) is 18.8. The summed E-state index contributed by atoms with van der Waals surface area (Å²) in [5.74, 6) is 0. The van der Waals surface area contributed by atoms with E-state index in [0.29, 0.717) is 5.56 Å². The average Bonchev–Trinajstić information content (AvgIpc) is 3.09. The van der Waals surface area contributed by atoms with Crippen LogP contribution in [0.5, 0.6) is 0 Å². The molecule has 0 amide bonds. The number of likely N-dealkylation sites (tertiary alicyclic amines) is 1. The Balaban J connectivity index is 1.56. The van der Waals surface area contributed by atoms with Gasteiger partial charge in [-0.15, -0.1) is 0 Å². The lowest BCUT2D eigenvalue weighted by atomic mass is 10.0. The highest BCUT2D eigenvalue weighted by atomic mass is 15.1. The number of nitrogens with zero attached hydrogens (tertiary/aromatic N) is 2. The summed E-state index contributed by atoms with van der Waals surface area (Å²) in [6.45, 7) is 3.81. The number of hydrogen-bond donors (Lipinski definition) is 0. The van der Waals surface area contributed by atoms with Gasteiger partial charge >= 0.3 is 0 Å². The molecule has 0 unspecified atom stereocenters. The maximum atomic E-state index is 8.84. The molecule has 2 nitrogen and oxygen atoms in total. The van der Waals surface area contributed by atoms with Crippen LogP contribution in [-0.4, -0.2) is 24.5 Å². The van der Waals surface area contributed by atoms with Crippen LogP contribution in [0.4, 0.5) is 0 Å². The van der Waals surface area contributed by atoms with Crippen molar-refractivity contribution in [1.29, 1.82) is 5.26 Å². The second-order valence-electron chi connectivity index (χ2n) is 6.04. The Bertz CT molecular complexity index is 629. The molecule has 0 bridgehead atoms. The van der Waals surface area contributed by atoms with Crippen molar-refractivity contribution in [3.8, 4) is 17.2 Å². The summed E-state index contributed by atoms with van der Waals surface area (Å²) in [6.07, 6.45) is 5.15. The Kier molecular flexibility index (Phi) is 4.88. The second kappa shape index (κ2) is 7.24. The maximum Gasteiger partial charge on any atom is 0.0991 e. The van der Waals surface area contributed by atoms with Gasteiger partial charge in [-0.1, -0.05) is 36.4 Å². The maximum absolute atomic E-state index is 8.84. The van der Waals surface area contributed by atoms with Gasteiger partial charge in [0.2, 0.25) is 0 Å². The van der Waals surface area contributed by atoms with Crippen LogP contribution < -0.4 is 0 Å². The monoisotopic (exact) mass is 290 g/mol. The van der Waals surface area contributed by atoms with Crippen molar-refractivity contribution in [1.82, 2.24) is 4.90 Å². The fraction of sp³-hybridized carbons (Fsp3) is 0.350. The van der Waals surface area contributed by atoms with Crippen molar-refractivity contribution < 1.29 is 0 Å². The Hall–Kier alpha value is -2.11. The van der Waals surface area contributed by atoms with E-state index in [0.717, 1.165) is 6.42 Å². The molecule has 2 aromatic carbocycles. The summed E-state index contributed by atoms with van der Waals surface area (Å²) in [4.78, 5) is 2.57. The van der Waals surface area contributed by atoms with E-state index in [1.165, 1.54) is 55.6 Å². The third kappa shape index (κ3) is 3.75. The molecule has 3 rings (SSSR count). The molecule has 0 atom stereocenters. The second-order valence-corrected chi connectivity index (χ2v) is 6.04. The summed E-state index contributed by atoms with van der Waals surface area (Å²) < 4.78 is 0. The van der Waals surface area contributed by atoms with Gasteiger partial charge in [0.05, 0.1) is 11.6 Å².